The Morgan fingerprint density at radius 1 is 0.967 bits per heavy atom. The van der Waals surface area contributed by atoms with E-state index in [1.807, 2.05) is 26.0 Å². The molecular formula is C24H22F3NO2. The highest BCUT2D eigenvalue weighted by atomic mass is 19.4. The lowest BCUT2D eigenvalue weighted by molar-refractivity contribution is -0.137. The summed E-state index contributed by atoms with van der Waals surface area (Å²) in [6.07, 6.45) is -3.57. The number of nitrogens with one attached hydrogen (secondary N) is 1. The van der Waals surface area contributed by atoms with Crippen molar-refractivity contribution in [3.05, 3.63) is 83.4 Å². The van der Waals surface area contributed by atoms with Gasteiger partial charge in [0.15, 0.2) is 0 Å². The number of amides is 1. The van der Waals surface area contributed by atoms with Gasteiger partial charge in [0.25, 0.3) is 5.91 Å². The monoisotopic (exact) mass is 413 g/mol. The van der Waals surface area contributed by atoms with Crippen molar-refractivity contribution in [3.63, 3.8) is 0 Å². The number of anilines is 1. The van der Waals surface area contributed by atoms with E-state index in [0.29, 0.717) is 34.7 Å². The summed E-state index contributed by atoms with van der Waals surface area (Å²) in [6.45, 7) is 4.35. The van der Waals surface area contributed by atoms with E-state index >= 15 is 0 Å². The Labute approximate surface area is 173 Å². The maximum Gasteiger partial charge on any atom is 0.416 e. The zero-order chi connectivity index (χ0) is 21.7. The van der Waals surface area contributed by atoms with Crippen molar-refractivity contribution >= 4 is 11.6 Å². The van der Waals surface area contributed by atoms with E-state index in [1.165, 1.54) is 12.1 Å². The van der Waals surface area contributed by atoms with Crippen molar-refractivity contribution in [2.75, 3.05) is 11.9 Å². The Hall–Kier alpha value is -3.28. The van der Waals surface area contributed by atoms with E-state index in [1.54, 1.807) is 30.3 Å². The molecular weight excluding hydrogens is 391 g/mol. The second-order valence-electron chi connectivity index (χ2n) is 6.69. The summed E-state index contributed by atoms with van der Waals surface area (Å²) in [5.74, 6) is 0.216. The van der Waals surface area contributed by atoms with E-state index in [4.69, 9.17) is 4.74 Å². The number of ether oxygens (including phenoxy) is 1. The maximum atomic E-state index is 13.0. The molecule has 30 heavy (non-hydrogen) atoms. The van der Waals surface area contributed by atoms with Crippen LogP contribution in [0.4, 0.5) is 18.9 Å². The van der Waals surface area contributed by atoms with Crippen LogP contribution in [0.15, 0.2) is 66.7 Å². The molecule has 6 heteroatoms. The first kappa shape index (κ1) is 21.4. The van der Waals surface area contributed by atoms with Gasteiger partial charge in [0.2, 0.25) is 0 Å². The molecule has 0 saturated carbocycles. The number of aryl methyl sites for hydroxylation is 1. The van der Waals surface area contributed by atoms with Crippen LogP contribution >= 0.6 is 0 Å². The summed E-state index contributed by atoms with van der Waals surface area (Å²) in [5.41, 5.74) is 2.33. The highest BCUT2D eigenvalue weighted by Crippen LogP contribution is 2.32. The summed E-state index contributed by atoms with van der Waals surface area (Å²) in [5, 5.41) is 2.86. The zero-order valence-corrected chi connectivity index (χ0v) is 16.7. The van der Waals surface area contributed by atoms with Crippen molar-refractivity contribution in [1.29, 1.82) is 0 Å². The molecule has 0 saturated heterocycles. The molecule has 0 atom stereocenters. The van der Waals surface area contributed by atoms with Crippen molar-refractivity contribution in [1.82, 2.24) is 0 Å². The van der Waals surface area contributed by atoms with Gasteiger partial charge >= 0.3 is 6.18 Å². The van der Waals surface area contributed by atoms with Crippen molar-refractivity contribution < 1.29 is 22.7 Å². The maximum absolute atomic E-state index is 13.0. The number of benzene rings is 3. The lowest BCUT2D eigenvalue weighted by atomic mass is 9.98. The molecule has 0 aliphatic carbocycles. The SMILES string of the molecule is CCOc1cc(CC)ccc1NC(=O)c1ccccc1-c1ccc(C(F)(F)F)cc1. The predicted octanol–water partition coefficient (Wildman–Crippen LogP) is 6.59. The van der Waals surface area contributed by atoms with E-state index in [-0.39, 0.29) is 5.91 Å². The molecule has 0 heterocycles. The third-order valence-electron chi connectivity index (χ3n) is 4.70. The normalized spacial score (nSPS) is 11.2. The van der Waals surface area contributed by atoms with Gasteiger partial charge in [-0.3, -0.25) is 4.79 Å². The van der Waals surface area contributed by atoms with Crippen molar-refractivity contribution in [2.45, 2.75) is 26.4 Å². The predicted molar refractivity (Wildman–Crippen MR) is 112 cm³/mol. The average molecular weight is 413 g/mol. The fraction of sp³-hybridized carbons (Fsp3) is 0.208. The Kier molecular flexibility index (Phi) is 6.45. The van der Waals surface area contributed by atoms with Gasteiger partial charge in [-0.15, -0.1) is 0 Å². The molecule has 3 rings (SSSR count). The van der Waals surface area contributed by atoms with Gasteiger partial charge < -0.3 is 10.1 Å². The number of rotatable bonds is 6. The summed E-state index contributed by atoms with van der Waals surface area (Å²) in [6, 6.07) is 17.2. The fourth-order valence-corrected chi connectivity index (χ4v) is 3.13. The van der Waals surface area contributed by atoms with E-state index in [2.05, 4.69) is 5.32 Å². The minimum absolute atomic E-state index is 0.360. The van der Waals surface area contributed by atoms with Gasteiger partial charge in [0.1, 0.15) is 5.75 Å². The van der Waals surface area contributed by atoms with Crippen LogP contribution in [0.3, 0.4) is 0 Å². The number of halogens is 3. The second-order valence-corrected chi connectivity index (χ2v) is 6.69. The Balaban J connectivity index is 1.92. The first-order chi connectivity index (χ1) is 14.3. The third-order valence-corrected chi connectivity index (χ3v) is 4.70. The largest absolute Gasteiger partial charge is 0.492 e. The van der Waals surface area contributed by atoms with E-state index < -0.39 is 11.7 Å². The molecule has 3 aromatic carbocycles. The molecule has 3 aromatic rings. The second kappa shape index (κ2) is 9.03. The standard InChI is InChI=1S/C24H22F3NO2/c1-3-16-9-14-21(22(15-16)30-4-2)28-23(29)20-8-6-5-7-19(20)17-10-12-18(13-11-17)24(25,26)27/h5-15H,3-4H2,1-2H3,(H,28,29). The van der Waals surface area contributed by atoms with Crippen LogP contribution < -0.4 is 10.1 Å². The van der Waals surface area contributed by atoms with Gasteiger partial charge in [0, 0.05) is 5.56 Å². The van der Waals surface area contributed by atoms with Crippen LogP contribution in [-0.4, -0.2) is 12.5 Å². The van der Waals surface area contributed by atoms with Crippen molar-refractivity contribution in [2.24, 2.45) is 0 Å². The van der Waals surface area contributed by atoms with Crippen LogP contribution in [0.25, 0.3) is 11.1 Å². The summed E-state index contributed by atoms with van der Waals surface area (Å²) < 4.78 is 44.2. The highest BCUT2D eigenvalue weighted by Gasteiger charge is 2.30. The Bertz CT molecular complexity index is 1030. The van der Waals surface area contributed by atoms with Gasteiger partial charge in [-0.25, -0.2) is 0 Å². The minimum atomic E-state index is -4.41. The first-order valence-corrected chi connectivity index (χ1v) is 9.67. The molecule has 3 nitrogen and oxygen atoms in total. The number of carbonyl (C=O) groups excluding carboxylic acids is 1. The van der Waals surface area contributed by atoms with Crippen LogP contribution in [0.1, 0.15) is 35.3 Å². The van der Waals surface area contributed by atoms with Gasteiger partial charge in [-0.2, -0.15) is 13.2 Å². The third kappa shape index (κ3) is 4.82. The van der Waals surface area contributed by atoms with Gasteiger partial charge in [-0.05, 0) is 60.4 Å². The topological polar surface area (TPSA) is 38.3 Å². The van der Waals surface area contributed by atoms with Crippen LogP contribution in [0, 0.1) is 0 Å². The number of hydrogen-bond donors (Lipinski definition) is 1. The molecule has 0 aliphatic rings. The molecule has 0 aromatic heterocycles. The molecule has 0 radical (unpaired) electrons. The van der Waals surface area contributed by atoms with E-state index in [9.17, 15) is 18.0 Å². The minimum Gasteiger partial charge on any atom is -0.492 e. The lowest BCUT2D eigenvalue weighted by Gasteiger charge is -2.15. The molecule has 156 valence electrons. The molecule has 1 amide bonds. The molecule has 0 bridgehead atoms. The van der Waals surface area contributed by atoms with Crippen LogP contribution in [-0.2, 0) is 12.6 Å². The summed E-state index contributed by atoms with van der Waals surface area (Å²) in [7, 11) is 0. The highest BCUT2D eigenvalue weighted by molar-refractivity contribution is 6.09. The molecule has 1 N–H and O–H groups in total. The average Bonchev–Trinajstić information content (AvgIpc) is 2.74. The first-order valence-electron chi connectivity index (χ1n) is 9.67. The summed E-state index contributed by atoms with van der Waals surface area (Å²) >= 11 is 0. The fourth-order valence-electron chi connectivity index (χ4n) is 3.13. The molecule has 0 unspecified atom stereocenters. The Morgan fingerprint density at radius 3 is 2.30 bits per heavy atom. The zero-order valence-electron chi connectivity index (χ0n) is 16.7. The van der Waals surface area contributed by atoms with Crippen LogP contribution in [0.2, 0.25) is 0 Å². The lowest BCUT2D eigenvalue weighted by Crippen LogP contribution is -2.14. The number of hydrogen-bond acceptors (Lipinski definition) is 2. The Morgan fingerprint density at radius 2 is 1.67 bits per heavy atom. The van der Waals surface area contributed by atoms with E-state index in [0.717, 1.165) is 24.1 Å². The summed E-state index contributed by atoms with van der Waals surface area (Å²) in [4.78, 5) is 13.0. The van der Waals surface area contributed by atoms with Crippen molar-refractivity contribution in [3.8, 4) is 16.9 Å². The quantitative estimate of drug-likeness (QED) is 0.495. The van der Waals surface area contributed by atoms with Gasteiger partial charge in [0.05, 0.1) is 17.9 Å². The molecule has 0 spiro atoms. The van der Waals surface area contributed by atoms with Crippen LogP contribution in [0.5, 0.6) is 5.75 Å². The van der Waals surface area contributed by atoms with Gasteiger partial charge in [-0.1, -0.05) is 43.3 Å². The molecule has 0 fully saturated rings. The number of carbonyl (C=O) groups is 1. The number of alkyl halides is 3. The molecule has 0 aliphatic heterocycles. The smallest absolute Gasteiger partial charge is 0.416 e.